The molecule has 8 heavy (non-hydrogen) atoms. The lowest BCUT2D eigenvalue weighted by Gasteiger charge is -2.15. The van der Waals surface area contributed by atoms with Gasteiger partial charge in [-0.1, -0.05) is 6.92 Å². The van der Waals surface area contributed by atoms with E-state index < -0.39 is 11.3 Å². The van der Waals surface area contributed by atoms with Gasteiger partial charge in [-0.15, -0.1) is 12.4 Å². The molecule has 0 fully saturated rings. The summed E-state index contributed by atoms with van der Waals surface area (Å²) >= 11 is -2.03. The van der Waals surface area contributed by atoms with Crippen LogP contribution in [0.5, 0.6) is 0 Å². The van der Waals surface area contributed by atoms with E-state index in [0.717, 1.165) is 0 Å². The van der Waals surface area contributed by atoms with E-state index >= 15 is 0 Å². The minimum Gasteiger partial charge on any atom is -0.760 e. The summed E-state index contributed by atoms with van der Waals surface area (Å²) in [5, 5.41) is 0. The molecular formula is C3H9ClNO2S-. The van der Waals surface area contributed by atoms with Crippen molar-refractivity contribution in [2.45, 2.75) is 6.92 Å². The molecule has 1 unspecified atom stereocenters. The fourth-order valence-corrected chi connectivity index (χ4v) is 0.316. The number of hydrogen-bond acceptors (Lipinski definition) is 2. The Hall–Kier alpha value is 0.360. The second-order valence-corrected chi connectivity index (χ2v) is 2.22. The van der Waals surface area contributed by atoms with Gasteiger partial charge in [0.2, 0.25) is 0 Å². The molecule has 0 saturated heterocycles. The van der Waals surface area contributed by atoms with Crippen molar-refractivity contribution in [3.8, 4) is 0 Å². The highest BCUT2D eigenvalue weighted by Crippen LogP contribution is 1.80. The van der Waals surface area contributed by atoms with E-state index in [0.29, 0.717) is 6.54 Å². The fourth-order valence-electron chi connectivity index (χ4n) is 0.105. The standard InChI is InChI=1S/C3H9NO2S.ClH/c1-3-4(2)7(5)6;/h3H2,1-2H3,(H,5,6);1H/p-1. The fraction of sp³-hybridized carbons (Fsp3) is 1.00. The molecular weight excluding hydrogens is 150 g/mol. The number of halogens is 1. The highest BCUT2D eigenvalue weighted by atomic mass is 35.5. The van der Waals surface area contributed by atoms with Gasteiger partial charge in [0, 0.05) is 17.8 Å². The Labute approximate surface area is 57.9 Å². The Bertz CT molecular complexity index is 79.7. The molecule has 0 spiro atoms. The number of nitrogens with zero attached hydrogens (tertiary/aromatic N) is 1. The van der Waals surface area contributed by atoms with E-state index in [1.165, 1.54) is 11.4 Å². The molecule has 52 valence electrons. The quantitative estimate of drug-likeness (QED) is 0.538. The summed E-state index contributed by atoms with van der Waals surface area (Å²) in [6.07, 6.45) is 0. The van der Waals surface area contributed by atoms with Crippen molar-refractivity contribution >= 4 is 23.7 Å². The van der Waals surface area contributed by atoms with Crippen molar-refractivity contribution in [1.82, 2.24) is 4.31 Å². The van der Waals surface area contributed by atoms with Gasteiger partial charge >= 0.3 is 0 Å². The van der Waals surface area contributed by atoms with Crippen LogP contribution >= 0.6 is 12.4 Å². The van der Waals surface area contributed by atoms with Crippen molar-refractivity contribution in [2.24, 2.45) is 0 Å². The van der Waals surface area contributed by atoms with E-state index in [2.05, 4.69) is 0 Å². The molecule has 0 aliphatic rings. The third kappa shape index (κ3) is 4.52. The van der Waals surface area contributed by atoms with Crippen LogP contribution < -0.4 is 0 Å². The van der Waals surface area contributed by atoms with Crippen LogP contribution in [0.25, 0.3) is 0 Å². The zero-order chi connectivity index (χ0) is 5.86. The van der Waals surface area contributed by atoms with Crippen molar-refractivity contribution in [1.29, 1.82) is 0 Å². The first-order valence-electron chi connectivity index (χ1n) is 1.99. The Balaban J connectivity index is 0. The van der Waals surface area contributed by atoms with Crippen molar-refractivity contribution in [3.63, 3.8) is 0 Å². The molecule has 0 heterocycles. The first kappa shape index (κ1) is 11.2. The van der Waals surface area contributed by atoms with Gasteiger partial charge in [-0.3, -0.25) is 4.21 Å². The van der Waals surface area contributed by atoms with Crippen molar-refractivity contribution in [3.05, 3.63) is 0 Å². The summed E-state index contributed by atoms with van der Waals surface area (Å²) in [6, 6.07) is 0. The van der Waals surface area contributed by atoms with Crippen LogP contribution in [-0.4, -0.2) is 26.7 Å². The topological polar surface area (TPSA) is 43.4 Å². The van der Waals surface area contributed by atoms with Crippen LogP contribution in [-0.2, 0) is 11.3 Å². The zero-order valence-electron chi connectivity index (χ0n) is 4.79. The maximum absolute atomic E-state index is 9.86. The molecule has 3 nitrogen and oxygen atoms in total. The Kier molecular flexibility index (Phi) is 7.69. The summed E-state index contributed by atoms with van der Waals surface area (Å²) in [7, 11) is 1.52. The molecule has 0 aromatic rings. The maximum Gasteiger partial charge on any atom is 0.0206 e. The van der Waals surface area contributed by atoms with Crippen molar-refractivity contribution < 1.29 is 8.76 Å². The minimum atomic E-state index is -2.03. The lowest BCUT2D eigenvalue weighted by atomic mass is 10.8. The van der Waals surface area contributed by atoms with Gasteiger partial charge < -0.3 is 4.55 Å². The van der Waals surface area contributed by atoms with Crippen LogP contribution in [0.3, 0.4) is 0 Å². The van der Waals surface area contributed by atoms with Gasteiger partial charge in [0.05, 0.1) is 0 Å². The summed E-state index contributed by atoms with van der Waals surface area (Å²) in [5.41, 5.74) is 0. The molecule has 0 aromatic carbocycles. The van der Waals surface area contributed by atoms with E-state index in [9.17, 15) is 8.76 Å². The van der Waals surface area contributed by atoms with E-state index in [4.69, 9.17) is 0 Å². The zero-order valence-corrected chi connectivity index (χ0v) is 6.42. The maximum atomic E-state index is 9.86. The van der Waals surface area contributed by atoms with Gasteiger partial charge in [-0.2, -0.15) is 0 Å². The molecule has 0 rings (SSSR count). The predicted octanol–water partition coefficient (Wildman–Crippen LogP) is 0.154. The smallest absolute Gasteiger partial charge is 0.0206 e. The Morgan fingerprint density at radius 1 is 1.75 bits per heavy atom. The molecule has 0 N–H and O–H groups in total. The molecule has 0 saturated carbocycles. The molecule has 1 atom stereocenters. The van der Waals surface area contributed by atoms with Crippen LogP contribution in [0, 0.1) is 0 Å². The lowest BCUT2D eigenvalue weighted by Crippen LogP contribution is -2.19. The minimum absolute atomic E-state index is 0. The number of hydrogen-bond donors (Lipinski definition) is 0. The molecule has 0 amide bonds. The normalized spacial score (nSPS) is 13.0. The van der Waals surface area contributed by atoms with Crippen molar-refractivity contribution in [2.75, 3.05) is 13.6 Å². The first-order valence-corrected chi connectivity index (χ1v) is 3.02. The largest absolute Gasteiger partial charge is 0.760 e. The Morgan fingerprint density at radius 3 is 2.12 bits per heavy atom. The third-order valence-corrected chi connectivity index (χ3v) is 1.47. The summed E-state index contributed by atoms with van der Waals surface area (Å²) < 4.78 is 20.9. The summed E-state index contributed by atoms with van der Waals surface area (Å²) in [6.45, 7) is 2.31. The monoisotopic (exact) mass is 158 g/mol. The Morgan fingerprint density at radius 2 is 2.12 bits per heavy atom. The van der Waals surface area contributed by atoms with Gasteiger partial charge in [0.1, 0.15) is 0 Å². The average Bonchev–Trinajstić information content (AvgIpc) is 1.65. The van der Waals surface area contributed by atoms with Gasteiger partial charge in [-0.25, -0.2) is 4.31 Å². The molecule has 5 heteroatoms. The lowest BCUT2D eigenvalue weighted by molar-refractivity contribution is 0.445. The summed E-state index contributed by atoms with van der Waals surface area (Å²) in [4.78, 5) is 0. The summed E-state index contributed by atoms with van der Waals surface area (Å²) in [5.74, 6) is 0. The average molecular weight is 159 g/mol. The highest BCUT2D eigenvalue weighted by Gasteiger charge is 1.87. The molecule has 0 aromatic heterocycles. The first-order chi connectivity index (χ1) is 3.18. The molecule has 0 aliphatic heterocycles. The second kappa shape index (κ2) is 5.50. The van der Waals surface area contributed by atoms with Gasteiger partial charge in [-0.05, 0) is 7.05 Å². The second-order valence-electron chi connectivity index (χ2n) is 1.16. The van der Waals surface area contributed by atoms with Crippen LogP contribution in [0.1, 0.15) is 6.92 Å². The molecule has 0 bridgehead atoms. The van der Waals surface area contributed by atoms with E-state index in [-0.39, 0.29) is 12.4 Å². The van der Waals surface area contributed by atoms with Gasteiger partial charge in [0.15, 0.2) is 0 Å². The van der Waals surface area contributed by atoms with Crippen LogP contribution in [0.2, 0.25) is 0 Å². The van der Waals surface area contributed by atoms with Crippen LogP contribution in [0.4, 0.5) is 0 Å². The number of rotatable bonds is 2. The third-order valence-electron chi connectivity index (χ3n) is 0.700. The highest BCUT2D eigenvalue weighted by molar-refractivity contribution is 7.76. The molecule has 0 radical (unpaired) electrons. The van der Waals surface area contributed by atoms with E-state index in [1.54, 1.807) is 6.92 Å². The predicted molar refractivity (Wildman–Crippen MR) is 34.5 cm³/mol. The van der Waals surface area contributed by atoms with Crippen LogP contribution in [0.15, 0.2) is 0 Å². The van der Waals surface area contributed by atoms with E-state index in [1.807, 2.05) is 0 Å². The molecule has 0 aliphatic carbocycles. The van der Waals surface area contributed by atoms with Gasteiger partial charge in [0.25, 0.3) is 0 Å². The SMILES string of the molecule is CCN(C)S(=O)[O-].Cl.